The highest BCUT2D eigenvalue weighted by Gasteiger charge is 2.75. The van der Waals surface area contributed by atoms with Crippen LogP contribution < -0.4 is 0 Å². The normalized spacial score (nSPS) is 57.0. The van der Waals surface area contributed by atoms with Gasteiger partial charge in [-0.2, -0.15) is 0 Å². The number of aliphatic hydroxyl groups excluding tert-OH is 5. The average Bonchev–Trinajstić information content (AvgIpc) is 3.13. The Morgan fingerprint density at radius 1 is 0.976 bits per heavy atom. The fourth-order valence-electron chi connectivity index (χ4n) is 13.4. The summed E-state index contributed by atoms with van der Waals surface area (Å²) in [7, 11) is 0. The number of rotatable bonds is 2. The molecule has 9 aliphatic carbocycles. The molecule has 232 valence electrons. The summed E-state index contributed by atoms with van der Waals surface area (Å²) in [5.74, 6) is 6.19. The SMILES string of the molecule is CC12CCC#CC(O)C3(CC1)C(O)CC1(C)C(=CC(=O)C4C5(C)C6CCCC(C(O)CO)(C(O)C6)C5CCC41C)C3C2. The molecule has 4 bridgehead atoms. The zero-order valence-corrected chi connectivity index (χ0v) is 26.0. The van der Waals surface area contributed by atoms with Crippen molar-refractivity contribution in [1.82, 2.24) is 0 Å². The van der Waals surface area contributed by atoms with Crippen molar-refractivity contribution in [3.8, 4) is 11.8 Å². The number of carbonyl (C=O) groups is 1. The molecule has 0 heterocycles. The number of aliphatic hydroxyl groups is 5. The Hall–Kier alpha value is -1.23. The second-order valence-electron chi connectivity index (χ2n) is 16.9. The standard InChI is InChI=1S/C36H52O6/c1-31-11-6-5-9-26(39)35(15-14-31)23(18-31)22-17-24(38)30-32(2,33(22,3)19-28(35)41)13-10-25-34(30,4)21-8-7-12-36(25,27(40)16-21)29(42)20-37/h17,21,23,25-30,37,39-42H,6-8,10-16,18-20H2,1-4H3. The lowest BCUT2D eigenvalue weighted by Crippen LogP contribution is -2.72. The van der Waals surface area contributed by atoms with Crippen molar-refractivity contribution in [3.63, 3.8) is 0 Å². The third-order valence-electron chi connectivity index (χ3n) is 15.8. The molecule has 6 fully saturated rings. The molecule has 6 nitrogen and oxygen atoms in total. The zero-order valence-electron chi connectivity index (χ0n) is 26.0. The van der Waals surface area contributed by atoms with Crippen molar-refractivity contribution >= 4 is 5.78 Å². The van der Waals surface area contributed by atoms with E-state index in [9.17, 15) is 30.3 Å². The van der Waals surface area contributed by atoms with Crippen molar-refractivity contribution in [1.29, 1.82) is 0 Å². The van der Waals surface area contributed by atoms with Crippen LogP contribution >= 0.6 is 0 Å². The van der Waals surface area contributed by atoms with Gasteiger partial charge in [0, 0.05) is 23.2 Å². The third-order valence-corrected chi connectivity index (χ3v) is 15.8. The van der Waals surface area contributed by atoms with E-state index < -0.39 is 51.5 Å². The van der Waals surface area contributed by atoms with Crippen molar-refractivity contribution in [3.05, 3.63) is 11.6 Å². The van der Waals surface area contributed by atoms with E-state index in [1.807, 2.05) is 6.08 Å². The molecule has 9 rings (SSSR count). The van der Waals surface area contributed by atoms with E-state index in [2.05, 4.69) is 39.5 Å². The highest BCUT2D eigenvalue weighted by Crippen LogP contribution is 2.78. The van der Waals surface area contributed by atoms with Crippen LogP contribution in [-0.4, -0.2) is 62.3 Å². The van der Waals surface area contributed by atoms with E-state index in [-0.39, 0.29) is 41.5 Å². The Balaban J connectivity index is 1.40. The molecule has 5 N–H and O–H groups in total. The largest absolute Gasteiger partial charge is 0.394 e. The molecule has 1 spiro atoms. The molecule has 0 aromatic carbocycles. The number of fused-ring (bicyclic) bond motifs is 10. The second kappa shape index (κ2) is 9.16. The van der Waals surface area contributed by atoms with Crippen LogP contribution in [0.2, 0.25) is 0 Å². The predicted molar refractivity (Wildman–Crippen MR) is 159 cm³/mol. The Kier molecular flexibility index (Phi) is 6.43. The minimum Gasteiger partial charge on any atom is -0.394 e. The van der Waals surface area contributed by atoms with Gasteiger partial charge >= 0.3 is 0 Å². The van der Waals surface area contributed by atoms with Crippen LogP contribution in [-0.2, 0) is 4.79 Å². The fourth-order valence-corrected chi connectivity index (χ4v) is 13.4. The van der Waals surface area contributed by atoms with Crippen LogP contribution in [0.3, 0.4) is 0 Å². The molecule has 6 heteroatoms. The molecule has 0 radical (unpaired) electrons. The summed E-state index contributed by atoms with van der Waals surface area (Å²) in [6.07, 6.45) is 7.89. The molecule has 42 heavy (non-hydrogen) atoms. The smallest absolute Gasteiger partial charge is 0.159 e. The van der Waals surface area contributed by atoms with Crippen molar-refractivity contribution in [2.24, 2.45) is 56.2 Å². The van der Waals surface area contributed by atoms with Gasteiger partial charge in [-0.1, -0.05) is 45.6 Å². The number of carbonyl (C=O) groups excluding carboxylic acids is 1. The summed E-state index contributed by atoms with van der Waals surface area (Å²) in [6, 6.07) is 0. The van der Waals surface area contributed by atoms with Crippen LogP contribution in [0.1, 0.15) is 105 Å². The first kappa shape index (κ1) is 29.5. The lowest BCUT2D eigenvalue weighted by molar-refractivity contribution is -0.254. The molecule has 6 saturated carbocycles. The van der Waals surface area contributed by atoms with Crippen molar-refractivity contribution < 1.29 is 30.3 Å². The predicted octanol–water partition coefficient (Wildman–Crippen LogP) is 4.16. The summed E-state index contributed by atoms with van der Waals surface area (Å²) in [4.78, 5) is 14.8. The third kappa shape index (κ3) is 3.28. The van der Waals surface area contributed by atoms with Crippen LogP contribution in [0, 0.1) is 68.0 Å². The number of allylic oxidation sites excluding steroid dienone is 2. The molecule has 0 amide bonds. The lowest BCUT2D eigenvalue weighted by atomic mass is 9.31. The highest BCUT2D eigenvalue weighted by atomic mass is 16.3. The van der Waals surface area contributed by atoms with Gasteiger partial charge in [0.15, 0.2) is 5.78 Å². The summed E-state index contributed by atoms with van der Waals surface area (Å²) >= 11 is 0. The van der Waals surface area contributed by atoms with E-state index >= 15 is 0 Å². The maximum absolute atomic E-state index is 14.8. The quantitative estimate of drug-likeness (QED) is 0.313. The Bertz CT molecular complexity index is 1260. The van der Waals surface area contributed by atoms with E-state index in [1.54, 1.807) is 0 Å². The minimum absolute atomic E-state index is 0.0551. The summed E-state index contributed by atoms with van der Waals surface area (Å²) in [6.45, 7) is 8.80. The van der Waals surface area contributed by atoms with E-state index in [1.165, 1.54) is 0 Å². The summed E-state index contributed by atoms with van der Waals surface area (Å²) < 4.78 is 0. The molecular weight excluding hydrogens is 528 g/mol. The van der Waals surface area contributed by atoms with E-state index in [0.29, 0.717) is 25.7 Å². The number of hydrogen-bond acceptors (Lipinski definition) is 6. The van der Waals surface area contributed by atoms with Crippen LogP contribution in [0.15, 0.2) is 11.6 Å². The van der Waals surface area contributed by atoms with Crippen LogP contribution in [0.4, 0.5) is 0 Å². The molecule has 14 unspecified atom stereocenters. The van der Waals surface area contributed by atoms with Gasteiger partial charge in [0.2, 0.25) is 0 Å². The van der Waals surface area contributed by atoms with Crippen LogP contribution in [0.5, 0.6) is 0 Å². The summed E-state index contributed by atoms with van der Waals surface area (Å²) in [5, 5.41) is 56.9. The van der Waals surface area contributed by atoms with E-state index in [4.69, 9.17) is 0 Å². The molecule has 0 saturated heterocycles. The van der Waals surface area contributed by atoms with Gasteiger partial charge in [-0.25, -0.2) is 0 Å². The van der Waals surface area contributed by atoms with Gasteiger partial charge in [-0.05, 0) is 110 Å². The van der Waals surface area contributed by atoms with E-state index in [0.717, 1.165) is 56.9 Å². The van der Waals surface area contributed by atoms with Crippen LogP contribution in [0.25, 0.3) is 0 Å². The summed E-state index contributed by atoms with van der Waals surface area (Å²) in [5.41, 5.74) is -1.66. The molecule has 0 aromatic heterocycles. The first-order valence-corrected chi connectivity index (χ1v) is 16.8. The molecule has 14 atom stereocenters. The number of hydrogen-bond donors (Lipinski definition) is 5. The first-order valence-electron chi connectivity index (χ1n) is 16.8. The molecule has 0 aromatic rings. The topological polar surface area (TPSA) is 118 Å². The maximum Gasteiger partial charge on any atom is 0.159 e. The Labute approximate surface area is 251 Å². The monoisotopic (exact) mass is 580 g/mol. The fraction of sp³-hybridized carbons (Fsp3) is 0.861. The van der Waals surface area contributed by atoms with Gasteiger partial charge in [-0.15, -0.1) is 5.92 Å². The van der Waals surface area contributed by atoms with Gasteiger partial charge in [0.25, 0.3) is 0 Å². The van der Waals surface area contributed by atoms with Crippen molar-refractivity contribution in [2.45, 2.75) is 129 Å². The molecule has 0 aliphatic heterocycles. The van der Waals surface area contributed by atoms with Gasteiger partial charge in [0.05, 0.1) is 24.9 Å². The van der Waals surface area contributed by atoms with Gasteiger partial charge in [-0.3, -0.25) is 4.79 Å². The Morgan fingerprint density at radius 3 is 2.48 bits per heavy atom. The number of ketones is 1. The molecular formula is C36H52O6. The van der Waals surface area contributed by atoms with Gasteiger partial charge < -0.3 is 25.5 Å². The lowest BCUT2D eigenvalue weighted by Gasteiger charge is -2.72. The highest BCUT2D eigenvalue weighted by molar-refractivity contribution is 5.95. The van der Waals surface area contributed by atoms with Crippen molar-refractivity contribution in [2.75, 3.05) is 6.61 Å². The average molecular weight is 581 g/mol. The molecule has 9 aliphatic rings. The van der Waals surface area contributed by atoms with Gasteiger partial charge in [0.1, 0.15) is 6.10 Å². The minimum atomic E-state index is -1.02. The second-order valence-corrected chi connectivity index (χ2v) is 16.9. The first-order chi connectivity index (χ1) is 19.7. The Morgan fingerprint density at radius 2 is 1.74 bits per heavy atom. The zero-order chi connectivity index (χ0) is 30.1. The maximum atomic E-state index is 14.8.